The number of carbonyl (C=O) groups is 1. The first-order chi connectivity index (χ1) is 8.41. The van der Waals surface area contributed by atoms with E-state index in [2.05, 4.69) is 5.32 Å². The van der Waals surface area contributed by atoms with E-state index in [1.165, 1.54) is 18.2 Å². The van der Waals surface area contributed by atoms with Gasteiger partial charge in [-0.15, -0.1) is 0 Å². The second kappa shape index (κ2) is 4.49. The Kier molecular flexibility index (Phi) is 3.16. The van der Waals surface area contributed by atoms with Gasteiger partial charge in [0.25, 0.3) is 0 Å². The third kappa shape index (κ3) is 2.40. The molecule has 4 nitrogen and oxygen atoms in total. The maximum absolute atomic E-state index is 12.5. The molecule has 0 saturated heterocycles. The average Bonchev–Trinajstić information content (AvgIpc) is 2.29. The Morgan fingerprint density at radius 3 is 2.78 bits per heavy atom. The molecule has 1 aromatic carbocycles. The zero-order valence-corrected chi connectivity index (χ0v) is 9.07. The number of hydrogen-bond donors (Lipinski definition) is 2. The van der Waals surface area contributed by atoms with Crippen LogP contribution >= 0.6 is 0 Å². The fraction of sp³-hybridized carbons (Fsp3) is 0.364. The van der Waals surface area contributed by atoms with Gasteiger partial charge in [-0.1, -0.05) is 0 Å². The van der Waals surface area contributed by atoms with Crippen LogP contribution in [0.4, 0.5) is 18.9 Å². The number of benzene rings is 1. The van der Waals surface area contributed by atoms with Crippen LogP contribution in [0.15, 0.2) is 18.2 Å². The number of amides is 1. The summed E-state index contributed by atoms with van der Waals surface area (Å²) in [5, 5.41) is 12.0. The second-order valence-electron chi connectivity index (χ2n) is 3.91. The number of aliphatic hydroxyl groups is 1. The number of anilines is 1. The Morgan fingerprint density at radius 1 is 1.44 bits per heavy atom. The number of ether oxygens (including phenoxy) is 1. The van der Waals surface area contributed by atoms with Crippen LogP contribution in [0.25, 0.3) is 0 Å². The average molecular weight is 261 g/mol. The molecule has 2 N–H and O–H groups in total. The smallest absolute Gasteiger partial charge is 0.425 e. The zero-order chi connectivity index (χ0) is 13.3. The molecule has 2 atom stereocenters. The molecule has 98 valence electrons. The largest absolute Gasteiger partial charge is 0.480 e. The Labute approximate surface area is 100 Å². The minimum atomic E-state index is -4.52. The molecule has 0 aromatic heterocycles. The van der Waals surface area contributed by atoms with E-state index in [1.54, 1.807) is 0 Å². The van der Waals surface area contributed by atoms with Gasteiger partial charge in [-0.25, -0.2) is 0 Å². The minimum absolute atomic E-state index is 0.0208. The summed E-state index contributed by atoms with van der Waals surface area (Å²) in [6, 6.07) is 4.09. The SMILES string of the molecule is O=CNc1ccc2c(c1)C(O)CC(C(F)(F)F)O2. The van der Waals surface area contributed by atoms with Crippen LogP contribution in [0.3, 0.4) is 0 Å². The summed E-state index contributed by atoms with van der Waals surface area (Å²) in [7, 11) is 0. The minimum Gasteiger partial charge on any atom is -0.480 e. The summed E-state index contributed by atoms with van der Waals surface area (Å²) in [6.45, 7) is 0. The van der Waals surface area contributed by atoms with Crippen LogP contribution in [-0.2, 0) is 4.79 Å². The first-order valence-electron chi connectivity index (χ1n) is 5.17. The first-order valence-corrected chi connectivity index (χ1v) is 5.17. The third-order valence-electron chi connectivity index (χ3n) is 2.67. The first kappa shape index (κ1) is 12.7. The maximum atomic E-state index is 12.5. The van der Waals surface area contributed by atoms with Crippen LogP contribution in [0, 0.1) is 0 Å². The number of hydrogen-bond acceptors (Lipinski definition) is 3. The molecule has 1 amide bonds. The highest BCUT2D eigenvalue weighted by atomic mass is 19.4. The van der Waals surface area contributed by atoms with Crippen molar-refractivity contribution in [3.63, 3.8) is 0 Å². The van der Waals surface area contributed by atoms with Gasteiger partial charge in [0.1, 0.15) is 5.75 Å². The molecular weight excluding hydrogens is 251 g/mol. The van der Waals surface area contributed by atoms with Crippen molar-refractivity contribution in [3.8, 4) is 5.75 Å². The van der Waals surface area contributed by atoms with Gasteiger partial charge in [0.05, 0.1) is 6.10 Å². The fourth-order valence-corrected chi connectivity index (χ4v) is 1.81. The number of rotatable bonds is 2. The van der Waals surface area contributed by atoms with Crippen LogP contribution in [0.1, 0.15) is 18.1 Å². The molecule has 0 bridgehead atoms. The van der Waals surface area contributed by atoms with Gasteiger partial charge >= 0.3 is 6.18 Å². The van der Waals surface area contributed by atoms with Gasteiger partial charge in [-0.2, -0.15) is 13.2 Å². The van der Waals surface area contributed by atoms with Crippen molar-refractivity contribution in [2.24, 2.45) is 0 Å². The molecule has 18 heavy (non-hydrogen) atoms. The van der Waals surface area contributed by atoms with E-state index in [-0.39, 0.29) is 11.3 Å². The predicted molar refractivity (Wildman–Crippen MR) is 56.2 cm³/mol. The van der Waals surface area contributed by atoms with Gasteiger partial charge in [-0.3, -0.25) is 4.79 Å². The zero-order valence-electron chi connectivity index (χ0n) is 9.07. The molecule has 0 saturated carbocycles. The van der Waals surface area contributed by atoms with Crippen molar-refractivity contribution in [1.82, 2.24) is 0 Å². The summed E-state index contributed by atoms with van der Waals surface area (Å²) in [5.74, 6) is -0.0208. The molecule has 7 heteroatoms. The molecular formula is C11H10F3NO3. The molecule has 2 rings (SSSR count). The summed E-state index contributed by atoms with van der Waals surface area (Å²) >= 11 is 0. The lowest BCUT2D eigenvalue weighted by atomic mass is 9.98. The Bertz CT molecular complexity index is 461. The summed E-state index contributed by atoms with van der Waals surface area (Å²) < 4.78 is 42.3. The molecule has 0 fully saturated rings. The molecule has 1 aliphatic rings. The van der Waals surface area contributed by atoms with Crippen LogP contribution < -0.4 is 10.1 Å². The van der Waals surface area contributed by atoms with E-state index in [0.29, 0.717) is 12.1 Å². The van der Waals surface area contributed by atoms with Crippen molar-refractivity contribution in [2.45, 2.75) is 24.8 Å². The van der Waals surface area contributed by atoms with Crippen molar-refractivity contribution >= 4 is 12.1 Å². The molecule has 0 radical (unpaired) electrons. The van der Waals surface area contributed by atoms with E-state index in [1.807, 2.05) is 0 Å². The second-order valence-corrected chi connectivity index (χ2v) is 3.91. The number of carbonyl (C=O) groups excluding carboxylic acids is 1. The van der Waals surface area contributed by atoms with Crippen LogP contribution in [0.5, 0.6) is 5.75 Å². The Morgan fingerprint density at radius 2 is 2.17 bits per heavy atom. The molecule has 0 spiro atoms. The van der Waals surface area contributed by atoms with Crippen molar-refractivity contribution < 1.29 is 27.8 Å². The number of aliphatic hydroxyl groups excluding tert-OH is 1. The van der Waals surface area contributed by atoms with Gasteiger partial charge < -0.3 is 15.2 Å². The topological polar surface area (TPSA) is 58.6 Å². The Hall–Kier alpha value is -1.76. The molecule has 1 aromatic rings. The third-order valence-corrected chi connectivity index (χ3v) is 2.67. The number of fused-ring (bicyclic) bond motifs is 1. The summed E-state index contributed by atoms with van der Waals surface area (Å²) in [5.41, 5.74) is 0.624. The van der Waals surface area contributed by atoms with Crippen LogP contribution in [-0.4, -0.2) is 23.8 Å². The number of nitrogens with one attached hydrogen (secondary N) is 1. The molecule has 1 heterocycles. The lowest BCUT2D eigenvalue weighted by molar-refractivity contribution is -0.207. The van der Waals surface area contributed by atoms with E-state index >= 15 is 0 Å². The lowest BCUT2D eigenvalue weighted by Crippen LogP contribution is -2.38. The molecule has 2 unspecified atom stereocenters. The van der Waals surface area contributed by atoms with Gasteiger partial charge in [0.2, 0.25) is 6.41 Å². The van der Waals surface area contributed by atoms with Gasteiger partial charge in [-0.05, 0) is 18.2 Å². The van der Waals surface area contributed by atoms with Gasteiger partial charge in [0.15, 0.2) is 6.10 Å². The molecule has 1 aliphatic heterocycles. The lowest BCUT2D eigenvalue weighted by Gasteiger charge is -2.31. The normalized spacial score (nSPS) is 22.9. The summed E-state index contributed by atoms with van der Waals surface area (Å²) in [6.07, 6.45) is -7.91. The van der Waals surface area contributed by atoms with E-state index < -0.39 is 24.8 Å². The van der Waals surface area contributed by atoms with Gasteiger partial charge in [0, 0.05) is 17.7 Å². The fourth-order valence-electron chi connectivity index (χ4n) is 1.81. The number of halogens is 3. The highest BCUT2D eigenvalue weighted by Gasteiger charge is 2.45. The number of alkyl halides is 3. The quantitative estimate of drug-likeness (QED) is 0.800. The van der Waals surface area contributed by atoms with E-state index in [0.717, 1.165) is 0 Å². The van der Waals surface area contributed by atoms with Crippen molar-refractivity contribution in [3.05, 3.63) is 23.8 Å². The standard InChI is InChI=1S/C11H10F3NO3/c12-11(13,14)10-4-8(17)7-3-6(15-5-16)1-2-9(7)18-10/h1-3,5,8,10,17H,4H2,(H,15,16). The van der Waals surface area contributed by atoms with E-state index in [4.69, 9.17) is 4.74 Å². The monoisotopic (exact) mass is 261 g/mol. The van der Waals surface area contributed by atoms with Crippen molar-refractivity contribution in [1.29, 1.82) is 0 Å². The predicted octanol–water partition coefficient (Wildman–Crippen LogP) is 2.00. The summed E-state index contributed by atoms with van der Waals surface area (Å²) in [4.78, 5) is 10.3. The Balaban J connectivity index is 2.30. The van der Waals surface area contributed by atoms with Crippen LogP contribution in [0.2, 0.25) is 0 Å². The highest BCUT2D eigenvalue weighted by molar-refractivity contribution is 5.72. The van der Waals surface area contributed by atoms with E-state index in [9.17, 15) is 23.1 Å². The maximum Gasteiger partial charge on any atom is 0.425 e. The highest BCUT2D eigenvalue weighted by Crippen LogP contribution is 2.41. The van der Waals surface area contributed by atoms with Crippen molar-refractivity contribution in [2.75, 3.05) is 5.32 Å². The molecule has 0 aliphatic carbocycles.